The Morgan fingerprint density at radius 2 is 1.86 bits per heavy atom. The maximum Gasteiger partial charge on any atom is 0.232 e. The Labute approximate surface area is 167 Å². The summed E-state index contributed by atoms with van der Waals surface area (Å²) in [4.78, 5) is 14.0. The van der Waals surface area contributed by atoms with Gasteiger partial charge in [-0.3, -0.25) is 0 Å². The molecule has 1 aliphatic heterocycles. The number of aryl methyl sites for hydroxylation is 1. The Balaban J connectivity index is 1.48. The van der Waals surface area contributed by atoms with Gasteiger partial charge in [-0.1, -0.05) is 25.1 Å². The van der Waals surface area contributed by atoms with Crippen LogP contribution in [0.25, 0.3) is 0 Å². The van der Waals surface area contributed by atoms with Crippen molar-refractivity contribution in [3.63, 3.8) is 0 Å². The van der Waals surface area contributed by atoms with Gasteiger partial charge in [-0.25, -0.2) is 0 Å². The van der Waals surface area contributed by atoms with Crippen LogP contribution in [0.2, 0.25) is 0 Å². The van der Waals surface area contributed by atoms with E-state index in [1.165, 1.54) is 5.56 Å². The molecule has 8 heteroatoms. The molecule has 0 radical (unpaired) electrons. The van der Waals surface area contributed by atoms with E-state index in [0.717, 1.165) is 28.5 Å². The normalized spacial score (nSPS) is 12.6. The summed E-state index contributed by atoms with van der Waals surface area (Å²) in [5.41, 5.74) is 8.06. The first kappa shape index (κ1) is 18.4. The van der Waals surface area contributed by atoms with Crippen molar-refractivity contribution >= 4 is 29.3 Å². The minimum Gasteiger partial charge on any atom is -0.486 e. The second-order valence-corrected chi connectivity index (χ2v) is 7.21. The smallest absolute Gasteiger partial charge is 0.232 e. The van der Waals surface area contributed by atoms with Gasteiger partial charge < -0.3 is 20.5 Å². The van der Waals surface area contributed by atoms with E-state index in [9.17, 15) is 0 Å². The van der Waals surface area contributed by atoms with Gasteiger partial charge in [-0.2, -0.15) is 15.0 Å². The van der Waals surface area contributed by atoms with Gasteiger partial charge in [0, 0.05) is 10.6 Å². The topological polar surface area (TPSA) is 95.2 Å². The Bertz CT molecular complexity index is 983. The molecule has 3 N–H and O–H groups in total. The van der Waals surface area contributed by atoms with Crippen molar-refractivity contribution in [2.45, 2.75) is 24.0 Å². The molecule has 1 aromatic heterocycles. The molecule has 0 aliphatic carbocycles. The summed E-state index contributed by atoms with van der Waals surface area (Å²) in [7, 11) is 0. The minimum atomic E-state index is 0.198. The number of nitrogen functional groups attached to an aromatic ring is 1. The summed E-state index contributed by atoms with van der Waals surface area (Å²) in [6.45, 7) is 3.26. The number of hydrogen-bond donors (Lipinski definition) is 2. The van der Waals surface area contributed by atoms with Gasteiger partial charge in [0.1, 0.15) is 19.0 Å². The van der Waals surface area contributed by atoms with Crippen LogP contribution in [-0.4, -0.2) is 28.2 Å². The lowest BCUT2D eigenvalue weighted by molar-refractivity contribution is 0.171. The van der Waals surface area contributed by atoms with Crippen molar-refractivity contribution in [1.29, 1.82) is 0 Å². The Hall–Kier alpha value is -3.00. The standard InChI is InChI=1S/C20H21N5O2S/c1-2-13-5-3-4-6-15(13)22-20-24-18(23-19(21)25-20)12-28-14-7-8-16-17(11-14)27-10-9-26-16/h3-8,11H,2,9-10,12H2,1H3,(H3,21,22,23,24,25). The van der Waals surface area contributed by atoms with Crippen LogP contribution in [0, 0.1) is 0 Å². The highest BCUT2D eigenvalue weighted by atomic mass is 32.2. The van der Waals surface area contributed by atoms with Gasteiger partial charge >= 0.3 is 0 Å². The Morgan fingerprint density at radius 1 is 1.04 bits per heavy atom. The summed E-state index contributed by atoms with van der Waals surface area (Å²) in [5, 5.41) is 3.26. The largest absolute Gasteiger partial charge is 0.486 e. The Kier molecular flexibility index (Phi) is 5.48. The molecule has 0 bridgehead atoms. The summed E-state index contributed by atoms with van der Waals surface area (Å²) in [5.74, 6) is 3.38. The molecular weight excluding hydrogens is 374 g/mol. The molecule has 0 unspecified atom stereocenters. The number of para-hydroxylation sites is 1. The van der Waals surface area contributed by atoms with Crippen LogP contribution < -0.4 is 20.5 Å². The fourth-order valence-corrected chi connectivity index (χ4v) is 3.67. The lowest BCUT2D eigenvalue weighted by atomic mass is 10.1. The van der Waals surface area contributed by atoms with Crippen LogP contribution in [0.3, 0.4) is 0 Å². The van der Waals surface area contributed by atoms with Gasteiger partial charge in [0.2, 0.25) is 11.9 Å². The first-order chi connectivity index (χ1) is 13.7. The third-order valence-corrected chi connectivity index (χ3v) is 5.22. The molecule has 28 heavy (non-hydrogen) atoms. The van der Waals surface area contributed by atoms with Crippen molar-refractivity contribution in [2.75, 3.05) is 24.3 Å². The number of benzene rings is 2. The molecule has 0 saturated heterocycles. The molecule has 4 rings (SSSR count). The average molecular weight is 395 g/mol. The fraction of sp³-hybridized carbons (Fsp3) is 0.250. The van der Waals surface area contributed by atoms with Crippen LogP contribution in [0.5, 0.6) is 11.5 Å². The lowest BCUT2D eigenvalue weighted by Gasteiger charge is -2.18. The molecule has 0 amide bonds. The molecule has 7 nitrogen and oxygen atoms in total. The summed E-state index contributed by atoms with van der Waals surface area (Å²) >= 11 is 1.61. The predicted octanol–water partition coefficient (Wildman–Crippen LogP) is 3.82. The average Bonchev–Trinajstić information content (AvgIpc) is 2.72. The predicted molar refractivity (Wildman–Crippen MR) is 110 cm³/mol. The minimum absolute atomic E-state index is 0.198. The first-order valence-electron chi connectivity index (χ1n) is 9.09. The van der Waals surface area contributed by atoms with Crippen molar-refractivity contribution in [3.8, 4) is 11.5 Å². The third-order valence-electron chi connectivity index (χ3n) is 4.23. The number of nitrogens with two attached hydrogens (primary N) is 1. The fourth-order valence-electron chi connectivity index (χ4n) is 2.89. The number of anilines is 3. The summed E-state index contributed by atoms with van der Waals surface area (Å²) in [6.07, 6.45) is 0.913. The second kappa shape index (κ2) is 8.35. The monoisotopic (exact) mass is 395 g/mol. The number of aromatic nitrogens is 3. The maximum atomic E-state index is 5.90. The van der Waals surface area contributed by atoms with Crippen LogP contribution in [-0.2, 0) is 12.2 Å². The van der Waals surface area contributed by atoms with Crippen LogP contribution in [0.1, 0.15) is 18.3 Å². The van der Waals surface area contributed by atoms with E-state index in [-0.39, 0.29) is 5.95 Å². The van der Waals surface area contributed by atoms with Gasteiger partial charge in [0.15, 0.2) is 11.5 Å². The van der Waals surface area contributed by atoms with Crippen LogP contribution in [0.4, 0.5) is 17.6 Å². The number of fused-ring (bicyclic) bond motifs is 1. The van der Waals surface area contributed by atoms with E-state index in [4.69, 9.17) is 15.2 Å². The highest BCUT2D eigenvalue weighted by Crippen LogP contribution is 2.35. The number of rotatable bonds is 6. The van der Waals surface area contributed by atoms with E-state index in [1.54, 1.807) is 11.8 Å². The van der Waals surface area contributed by atoms with E-state index in [0.29, 0.717) is 30.7 Å². The SMILES string of the molecule is CCc1ccccc1Nc1nc(N)nc(CSc2ccc3c(c2)OCCO3)n1. The van der Waals surface area contributed by atoms with Crippen molar-refractivity contribution in [2.24, 2.45) is 0 Å². The highest BCUT2D eigenvalue weighted by molar-refractivity contribution is 7.98. The van der Waals surface area contributed by atoms with Crippen LogP contribution in [0.15, 0.2) is 47.4 Å². The lowest BCUT2D eigenvalue weighted by Crippen LogP contribution is -2.15. The molecule has 0 fully saturated rings. The molecule has 0 spiro atoms. The van der Waals surface area contributed by atoms with Crippen molar-refractivity contribution < 1.29 is 9.47 Å². The number of thioether (sulfide) groups is 1. The molecule has 1 aliphatic rings. The highest BCUT2D eigenvalue weighted by Gasteiger charge is 2.13. The van der Waals surface area contributed by atoms with E-state index < -0.39 is 0 Å². The van der Waals surface area contributed by atoms with Gasteiger partial charge in [0.05, 0.1) is 5.75 Å². The van der Waals surface area contributed by atoms with Crippen LogP contribution >= 0.6 is 11.8 Å². The third kappa shape index (κ3) is 4.28. The number of nitrogens with one attached hydrogen (secondary N) is 1. The molecular formula is C20H21N5O2S. The van der Waals surface area contributed by atoms with E-state index >= 15 is 0 Å². The molecule has 0 saturated carbocycles. The molecule has 0 atom stereocenters. The van der Waals surface area contributed by atoms with E-state index in [2.05, 4.69) is 33.3 Å². The van der Waals surface area contributed by atoms with Gasteiger partial charge in [-0.15, -0.1) is 11.8 Å². The van der Waals surface area contributed by atoms with Crippen molar-refractivity contribution in [1.82, 2.24) is 15.0 Å². The quantitative estimate of drug-likeness (QED) is 0.608. The Morgan fingerprint density at radius 3 is 2.71 bits per heavy atom. The van der Waals surface area contributed by atoms with Crippen molar-refractivity contribution in [3.05, 3.63) is 53.9 Å². The first-order valence-corrected chi connectivity index (χ1v) is 10.1. The number of ether oxygens (including phenoxy) is 2. The second-order valence-electron chi connectivity index (χ2n) is 6.16. The van der Waals surface area contributed by atoms with E-state index in [1.807, 2.05) is 36.4 Å². The summed E-state index contributed by atoms with van der Waals surface area (Å²) in [6, 6.07) is 14.0. The maximum absolute atomic E-state index is 5.90. The zero-order valence-corrected chi connectivity index (χ0v) is 16.3. The summed E-state index contributed by atoms with van der Waals surface area (Å²) < 4.78 is 11.2. The molecule has 3 aromatic rings. The molecule has 2 heterocycles. The molecule has 2 aromatic carbocycles. The zero-order valence-electron chi connectivity index (χ0n) is 15.5. The molecule has 144 valence electrons. The number of nitrogens with zero attached hydrogens (tertiary/aromatic N) is 3. The zero-order chi connectivity index (χ0) is 19.3. The van der Waals surface area contributed by atoms with Gasteiger partial charge in [-0.05, 0) is 36.2 Å². The number of hydrogen-bond acceptors (Lipinski definition) is 8. The van der Waals surface area contributed by atoms with Gasteiger partial charge in [0.25, 0.3) is 0 Å².